The first-order valence-corrected chi connectivity index (χ1v) is 6.40. The van der Waals surface area contributed by atoms with Gasteiger partial charge in [0, 0.05) is 16.7 Å². The fourth-order valence-corrected chi connectivity index (χ4v) is 3.49. The van der Waals surface area contributed by atoms with E-state index in [1.165, 1.54) is 12.8 Å². The third-order valence-corrected chi connectivity index (χ3v) is 4.31. The lowest BCUT2D eigenvalue weighted by molar-refractivity contribution is 0.0248. The summed E-state index contributed by atoms with van der Waals surface area (Å²) >= 11 is 3.64. The van der Waals surface area contributed by atoms with Crippen LogP contribution in [-0.2, 0) is 4.74 Å². The van der Waals surface area contributed by atoms with Gasteiger partial charge in [0.2, 0.25) is 0 Å². The Morgan fingerprint density at radius 2 is 1.93 bits per heavy atom. The summed E-state index contributed by atoms with van der Waals surface area (Å²) in [5, 5.41) is 0. The van der Waals surface area contributed by atoms with Crippen molar-refractivity contribution < 1.29 is 4.74 Å². The largest absolute Gasteiger partial charge is 0.374 e. The topological polar surface area (TPSA) is 9.23 Å². The van der Waals surface area contributed by atoms with Crippen molar-refractivity contribution in [2.24, 2.45) is 11.8 Å². The number of allylic oxidation sites excluding steroid dienone is 2. The monoisotopic (exact) mass is 254 g/mol. The average molecular weight is 255 g/mol. The molecular formula is C12H15BrO. The van der Waals surface area contributed by atoms with Crippen LogP contribution >= 0.6 is 15.9 Å². The highest BCUT2D eigenvalue weighted by molar-refractivity contribution is 9.09. The summed E-state index contributed by atoms with van der Waals surface area (Å²) in [6.07, 6.45) is 13.8. The third-order valence-electron chi connectivity index (χ3n) is 3.63. The van der Waals surface area contributed by atoms with E-state index in [1.807, 2.05) is 0 Å². The van der Waals surface area contributed by atoms with Gasteiger partial charge in [0.1, 0.15) is 0 Å². The Kier molecular flexibility index (Phi) is 2.29. The van der Waals surface area contributed by atoms with Crippen LogP contribution in [0.4, 0.5) is 0 Å². The Bertz CT molecular complexity index is 284. The van der Waals surface area contributed by atoms with Crippen LogP contribution in [0.1, 0.15) is 19.3 Å². The van der Waals surface area contributed by atoms with E-state index in [-0.39, 0.29) is 0 Å². The van der Waals surface area contributed by atoms with E-state index in [1.54, 1.807) is 0 Å². The van der Waals surface area contributed by atoms with Crippen LogP contribution in [0, 0.1) is 11.8 Å². The van der Waals surface area contributed by atoms with E-state index in [9.17, 15) is 0 Å². The number of fused-ring (bicyclic) bond motifs is 3. The van der Waals surface area contributed by atoms with Gasteiger partial charge in [-0.3, -0.25) is 0 Å². The maximum absolute atomic E-state index is 6.11. The summed E-state index contributed by atoms with van der Waals surface area (Å²) in [6, 6.07) is 0. The number of rotatable bonds is 0. The molecule has 0 bridgehead atoms. The number of alkyl halides is 1. The molecule has 0 aromatic heterocycles. The van der Waals surface area contributed by atoms with Gasteiger partial charge in [-0.25, -0.2) is 0 Å². The molecule has 2 heteroatoms. The fourth-order valence-electron chi connectivity index (χ4n) is 2.94. The quantitative estimate of drug-likeness (QED) is 0.477. The van der Waals surface area contributed by atoms with Gasteiger partial charge in [-0.15, -0.1) is 0 Å². The SMILES string of the molecule is BrC1C=CC2C(C1)OC1CCC=CC12. The van der Waals surface area contributed by atoms with Crippen molar-refractivity contribution in [2.45, 2.75) is 36.3 Å². The molecule has 0 radical (unpaired) electrons. The van der Waals surface area contributed by atoms with Crippen LogP contribution in [-0.4, -0.2) is 17.0 Å². The van der Waals surface area contributed by atoms with Gasteiger partial charge in [-0.1, -0.05) is 40.2 Å². The molecule has 0 N–H and O–H groups in total. The zero-order valence-electron chi connectivity index (χ0n) is 8.10. The summed E-state index contributed by atoms with van der Waals surface area (Å²) in [5.41, 5.74) is 0. The molecule has 0 amide bonds. The lowest BCUT2D eigenvalue weighted by Crippen LogP contribution is -2.25. The van der Waals surface area contributed by atoms with Crippen molar-refractivity contribution in [3.05, 3.63) is 24.3 Å². The number of hydrogen-bond acceptors (Lipinski definition) is 1. The Hall–Kier alpha value is -0.0800. The van der Waals surface area contributed by atoms with Gasteiger partial charge in [-0.2, -0.15) is 0 Å². The molecule has 0 spiro atoms. The molecule has 0 saturated carbocycles. The van der Waals surface area contributed by atoms with Gasteiger partial charge in [0.15, 0.2) is 0 Å². The van der Waals surface area contributed by atoms with Crippen LogP contribution < -0.4 is 0 Å². The van der Waals surface area contributed by atoms with E-state index in [4.69, 9.17) is 4.74 Å². The lowest BCUT2D eigenvalue weighted by atomic mass is 9.79. The second-order valence-electron chi connectivity index (χ2n) is 4.51. The molecule has 1 aliphatic heterocycles. The maximum atomic E-state index is 6.11. The summed E-state index contributed by atoms with van der Waals surface area (Å²) in [5.74, 6) is 1.30. The van der Waals surface area contributed by atoms with Crippen LogP contribution in [0.2, 0.25) is 0 Å². The molecule has 5 atom stereocenters. The molecule has 0 aromatic rings. The molecule has 1 heterocycles. The molecule has 76 valence electrons. The number of ether oxygens (including phenoxy) is 1. The predicted octanol–water partition coefficient (Wildman–Crippen LogP) is 3.06. The van der Waals surface area contributed by atoms with Crippen molar-refractivity contribution in [2.75, 3.05) is 0 Å². The van der Waals surface area contributed by atoms with E-state index in [0.717, 1.165) is 6.42 Å². The van der Waals surface area contributed by atoms with Gasteiger partial charge in [0.05, 0.1) is 12.2 Å². The molecule has 5 unspecified atom stereocenters. The molecule has 3 aliphatic rings. The van der Waals surface area contributed by atoms with E-state index >= 15 is 0 Å². The number of hydrogen-bond donors (Lipinski definition) is 0. The molecule has 0 aromatic carbocycles. The first-order valence-electron chi connectivity index (χ1n) is 5.49. The minimum Gasteiger partial charge on any atom is -0.374 e. The van der Waals surface area contributed by atoms with Crippen molar-refractivity contribution in [1.82, 2.24) is 0 Å². The van der Waals surface area contributed by atoms with E-state index in [2.05, 4.69) is 40.2 Å². The van der Waals surface area contributed by atoms with Gasteiger partial charge >= 0.3 is 0 Å². The zero-order chi connectivity index (χ0) is 9.54. The first kappa shape index (κ1) is 9.17. The molecular weight excluding hydrogens is 240 g/mol. The highest BCUT2D eigenvalue weighted by atomic mass is 79.9. The predicted molar refractivity (Wildman–Crippen MR) is 60.5 cm³/mol. The Morgan fingerprint density at radius 3 is 2.86 bits per heavy atom. The van der Waals surface area contributed by atoms with Crippen molar-refractivity contribution >= 4 is 15.9 Å². The molecule has 3 rings (SSSR count). The van der Waals surface area contributed by atoms with Gasteiger partial charge in [0.25, 0.3) is 0 Å². The Labute approximate surface area is 93.3 Å². The highest BCUT2D eigenvalue weighted by Crippen LogP contribution is 2.43. The lowest BCUT2D eigenvalue weighted by Gasteiger charge is -2.24. The second-order valence-corrected chi connectivity index (χ2v) is 5.69. The van der Waals surface area contributed by atoms with Crippen LogP contribution in [0.15, 0.2) is 24.3 Å². The standard InChI is InChI=1S/C12H15BrO/c13-8-5-6-10-9-3-1-2-4-11(9)14-12(10)7-8/h1,3,5-6,8-12H,2,4,7H2. The van der Waals surface area contributed by atoms with Gasteiger partial charge in [-0.05, 0) is 19.3 Å². The molecule has 1 saturated heterocycles. The Morgan fingerprint density at radius 1 is 1.07 bits per heavy atom. The van der Waals surface area contributed by atoms with Crippen LogP contribution in [0.5, 0.6) is 0 Å². The third kappa shape index (κ3) is 1.40. The molecule has 14 heavy (non-hydrogen) atoms. The smallest absolute Gasteiger partial charge is 0.0662 e. The summed E-state index contributed by atoms with van der Waals surface area (Å²) < 4.78 is 6.11. The zero-order valence-corrected chi connectivity index (χ0v) is 9.69. The normalized spacial score (nSPS) is 50.2. The molecule has 1 nitrogen and oxygen atoms in total. The van der Waals surface area contributed by atoms with Crippen molar-refractivity contribution in [3.63, 3.8) is 0 Å². The van der Waals surface area contributed by atoms with Crippen LogP contribution in [0.3, 0.4) is 0 Å². The summed E-state index contributed by atoms with van der Waals surface area (Å²) in [4.78, 5) is 0.521. The minimum absolute atomic E-state index is 0.460. The molecule has 2 aliphatic carbocycles. The van der Waals surface area contributed by atoms with Crippen molar-refractivity contribution in [1.29, 1.82) is 0 Å². The average Bonchev–Trinajstić information content (AvgIpc) is 2.54. The van der Waals surface area contributed by atoms with Gasteiger partial charge < -0.3 is 4.74 Å². The number of halogens is 1. The fraction of sp³-hybridized carbons (Fsp3) is 0.667. The maximum Gasteiger partial charge on any atom is 0.0662 e. The Balaban J connectivity index is 1.86. The van der Waals surface area contributed by atoms with E-state index < -0.39 is 0 Å². The van der Waals surface area contributed by atoms with Crippen LogP contribution in [0.25, 0.3) is 0 Å². The highest BCUT2D eigenvalue weighted by Gasteiger charge is 2.43. The van der Waals surface area contributed by atoms with E-state index in [0.29, 0.717) is 28.9 Å². The van der Waals surface area contributed by atoms with Crippen molar-refractivity contribution in [3.8, 4) is 0 Å². The first-order chi connectivity index (χ1) is 6.84. The summed E-state index contributed by atoms with van der Waals surface area (Å²) in [6.45, 7) is 0. The molecule has 1 fully saturated rings. The summed E-state index contributed by atoms with van der Waals surface area (Å²) in [7, 11) is 0. The minimum atomic E-state index is 0.460. The second kappa shape index (κ2) is 3.49.